The van der Waals surface area contributed by atoms with Crippen LogP contribution < -0.4 is 4.90 Å². The third-order valence-electron chi connectivity index (χ3n) is 3.34. The van der Waals surface area contributed by atoms with Crippen LogP contribution in [0.4, 0.5) is 5.13 Å². The van der Waals surface area contributed by atoms with Gasteiger partial charge in [0.2, 0.25) is 0 Å². The van der Waals surface area contributed by atoms with E-state index in [1.54, 1.807) is 11.3 Å². The highest BCUT2D eigenvalue weighted by Gasteiger charge is 2.20. The molecule has 1 aromatic rings. The van der Waals surface area contributed by atoms with Crippen LogP contribution in [0.25, 0.3) is 0 Å². The summed E-state index contributed by atoms with van der Waals surface area (Å²) in [6.45, 7) is 6.12. The molecule has 0 amide bonds. The predicted molar refractivity (Wildman–Crippen MR) is 77.2 cm³/mol. The van der Waals surface area contributed by atoms with Crippen molar-refractivity contribution in [2.75, 3.05) is 38.1 Å². The zero-order valence-electron chi connectivity index (χ0n) is 11.6. The molecule has 0 spiro atoms. The Kier molecular flexibility index (Phi) is 4.76. The van der Waals surface area contributed by atoms with Crippen molar-refractivity contribution in [2.24, 2.45) is 0 Å². The molecule has 5 nitrogen and oxygen atoms in total. The monoisotopic (exact) mass is 283 g/mol. The molecule has 0 aliphatic carbocycles. The van der Waals surface area contributed by atoms with Crippen LogP contribution in [0.3, 0.4) is 0 Å². The van der Waals surface area contributed by atoms with Gasteiger partial charge in [0.15, 0.2) is 5.13 Å². The van der Waals surface area contributed by atoms with E-state index in [-0.39, 0.29) is 6.42 Å². The lowest BCUT2D eigenvalue weighted by Crippen LogP contribution is -2.44. The van der Waals surface area contributed by atoms with Gasteiger partial charge in [0, 0.05) is 31.1 Å². The van der Waals surface area contributed by atoms with Gasteiger partial charge in [0.25, 0.3) is 0 Å². The molecule has 2 rings (SSSR count). The molecule has 1 aromatic heterocycles. The van der Waals surface area contributed by atoms with Gasteiger partial charge < -0.3 is 14.9 Å². The Hall–Kier alpha value is -1.14. The highest BCUT2D eigenvalue weighted by Crippen LogP contribution is 2.28. The maximum Gasteiger partial charge on any atom is 0.308 e. The first-order chi connectivity index (χ1) is 9.10. The van der Waals surface area contributed by atoms with Crippen molar-refractivity contribution in [3.05, 3.63) is 10.6 Å². The SMILES string of the molecule is CCCc1nc(N2CCN(C)CC2)sc1CC(=O)O. The van der Waals surface area contributed by atoms with Gasteiger partial charge in [-0.3, -0.25) is 4.79 Å². The highest BCUT2D eigenvalue weighted by atomic mass is 32.1. The summed E-state index contributed by atoms with van der Waals surface area (Å²) in [6.07, 6.45) is 1.96. The molecular formula is C13H21N3O2S. The fourth-order valence-electron chi connectivity index (χ4n) is 2.21. The normalized spacial score (nSPS) is 16.8. The van der Waals surface area contributed by atoms with Crippen LogP contribution in [0.2, 0.25) is 0 Å². The Bertz CT molecular complexity index is 439. The van der Waals surface area contributed by atoms with E-state index in [1.807, 2.05) is 0 Å². The fourth-order valence-corrected chi connectivity index (χ4v) is 3.36. The van der Waals surface area contributed by atoms with E-state index in [4.69, 9.17) is 5.11 Å². The summed E-state index contributed by atoms with van der Waals surface area (Å²) in [7, 11) is 2.12. The maximum absolute atomic E-state index is 10.9. The number of carboxylic acid groups (broad SMARTS) is 1. The average molecular weight is 283 g/mol. The Morgan fingerprint density at radius 3 is 2.63 bits per heavy atom. The Balaban J connectivity index is 2.14. The second-order valence-corrected chi connectivity index (χ2v) is 6.04. The number of hydrogen-bond donors (Lipinski definition) is 1. The van der Waals surface area contributed by atoms with Gasteiger partial charge in [-0.05, 0) is 13.5 Å². The molecule has 0 bridgehead atoms. The molecule has 106 valence electrons. The summed E-state index contributed by atoms with van der Waals surface area (Å²) in [4.78, 5) is 21.1. The van der Waals surface area contributed by atoms with E-state index in [1.165, 1.54) is 0 Å². The number of nitrogens with zero attached hydrogens (tertiary/aromatic N) is 3. The van der Waals surface area contributed by atoms with Gasteiger partial charge in [0.05, 0.1) is 12.1 Å². The van der Waals surface area contributed by atoms with Crippen LogP contribution in [0.1, 0.15) is 23.9 Å². The number of rotatable bonds is 5. The Morgan fingerprint density at radius 2 is 2.05 bits per heavy atom. The third-order valence-corrected chi connectivity index (χ3v) is 4.50. The van der Waals surface area contributed by atoms with Crippen molar-refractivity contribution in [1.29, 1.82) is 0 Å². The fraction of sp³-hybridized carbons (Fsp3) is 0.692. The summed E-state index contributed by atoms with van der Waals surface area (Å²) >= 11 is 1.55. The molecule has 19 heavy (non-hydrogen) atoms. The van der Waals surface area contributed by atoms with E-state index in [0.29, 0.717) is 0 Å². The molecule has 2 heterocycles. The van der Waals surface area contributed by atoms with Crippen molar-refractivity contribution < 1.29 is 9.90 Å². The lowest BCUT2D eigenvalue weighted by Gasteiger charge is -2.32. The number of hydrogen-bond acceptors (Lipinski definition) is 5. The lowest BCUT2D eigenvalue weighted by molar-refractivity contribution is -0.136. The van der Waals surface area contributed by atoms with Gasteiger partial charge in [-0.1, -0.05) is 13.3 Å². The molecular weight excluding hydrogens is 262 g/mol. The molecule has 1 N–H and O–H groups in total. The first-order valence-corrected chi connectivity index (χ1v) is 7.55. The van der Waals surface area contributed by atoms with Crippen LogP contribution in [0.15, 0.2) is 0 Å². The molecule has 1 aliphatic heterocycles. The summed E-state index contributed by atoms with van der Waals surface area (Å²) in [5.41, 5.74) is 0.976. The first-order valence-electron chi connectivity index (χ1n) is 6.74. The number of aliphatic carboxylic acids is 1. The molecule has 1 aliphatic rings. The number of aromatic nitrogens is 1. The minimum absolute atomic E-state index is 0.0980. The third kappa shape index (κ3) is 3.67. The Labute approximate surface area is 117 Å². The van der Waals surface area contributed by atoms with Crippen molar-refractivity contribution >= 4 is 22.4 Å². The van der Waals surface area contributed by atoms with Gasteiger partial charge in [-0.2, -0.15) is 0 Å². The van der Waals surface area contributed by atoms with Crippen molar-refractivity contribution in [1.82, 2.24) is 9.88 Å². The number of carboxylic acids is 1. The maximum atomic E-state index is 10.9. The molecule has 0 saturated carbocycles. The number of likely N-dealkylation sites (N-methyl/N-ethyl adjacent to an activating group) is 1. The summed E-state index contributed by atoms with van der Waals surface area (Å²) in [5, 5.41) is 9.97. The molecule has 1 fully saturated rings. The number of anilines is 1. The van der Waals surface area contributed by atoms with E-state index in [9.17, 15) is 4.79 Å². The van der Waals surface area contributed by atoms with E-state index in [2.05, 4.69) is 28.8 Å². The molecule has 0 atom stereocenters. The standard InChI is InChI=1S/C13H21N3O2S/c1-3-4-10-11(9-12(17)18)19-13(14-10)16-7-5-15(2)6-8-16/h3-9H2,1-2H3,(H,17,18). The number of aryl methyl sites for hydroxylation is 1. The van der Waals surface area contributed by atoms with E-state index >= 15 is 0 Å². The number of carbonyl (C=O) groups is 1. The molecule has 6 heteroatoms. The quantitative estimate of drug-likeness (QED) is 0.887. The molecule has 1 saturated heterocycles. The van der Waals surface area contributed by atoms with Gasteiger partial charge >= 0.3 is 5.97 Å². The van der Waals surface area contributed by atoms with Crippen molar-refractivity contribution in [3.8, 4) is 0 Å². The smallest absolute Gasteiger partial charge is 0.308 e. The van der Waals surface area contributed by atoms with Crippen LogP contribution in [-0.4, -0.2) is 54.2 Å². The van der Waals surface area contributed by atoms with Crippen molar-refractivity contribution in [2.45, 2.75) is 26.2 Å². The number of thiazole rings is 1. The van der Waals surface area contributed by atoms with Crippen LogP contribution in [-0.2, 0) is 17.6 Å². The average Bonchev–Trinajstić information content (AvgIpc) is 2.73. The summed E-state index contributed by atoms with van der Waals surface area (Å²) in [5.74, 6) is -0.772. The number of piperazine rings is 1. The van der Waals surface area contributed by atoms with Gasteiger partial charge in [-0.25, -0.2) is 4.98 Å². The first kappa shape index (κ1) is 14.3. The summed E-state index contributed by atoms with van der Waals surface area (Å²) in [6, 6.07) is 0. The van der Waals surface area contributed by atoms with Gasteiger partial charge in [-0.15, -0.1) is 11.3 Å². The van der Waals surface area contributed by atoms with Crippen molar-refractivity contribution in [3.63, 3.8) is 0 Å². The van der Waals surface area contributed by atoms with Crippen LogP contribution in [0, 0.1) is 0 Å². The zero-order chi connectivity index (χ0) is 13.8. The van der Waals surface area contributed by atoms with Crippen LogP contribution in [0.5, 0.6) is 0 Å². The summed E-state index contributed by atoms with van der Waals surface area (Å²) < 4.78 is 0. The lowest BCUT2D eigenvalue weighted by atomic mass is 10.2. The zero-order valence-corrected chi connectivity index (χ0v) is 12.4. The molecule has 0 unspecified atom stereocenters. The minimum atomic E-state index is -0.772. The largest absolute Gasteiger partial charge is 0.481 e. The highest BCUT2D eigenvalue weighted by molar-refractivity contribution is 7.15. The van der Waals surface area contributed by atoms with E-state index in [0.717, 1.165) is 54.7 Å². The second-order valence-electron chi connectivity index (χ2n) is 4.98. The molecule has 0 aromatic carbocycles. The second kappa shape index (κ2) is 6.34. The topological polar surface area (TPSA) is 56.7 Å². The van der Waals surface area contributed by atoms with E-state index < -0.39 is 5.97 Å². The minimum Gasteiger partial charge on any atom is -0.481 e. The van der Waals surface area contributed by atoms with Gasteiger partial charge in [0.1, 0.15) is 0 Å². The Morgan fingerprint density at radius 1 is 1.37 bits per heavy atom. The van der Waals surface area contributed by atoms with Crippen LogP contribution >= 0.6 is 11.3 Å². The molecule has 0 radical (unpaired) electrons. The predicted octanol–water partition coefficient (Wildman–Crippen LogP) is 1.47.